The lowest BCUT2D eigenvalue weighted by atomic mass is 10.2. The van der Waals surface area contributed by atoms with Crippen LogP contribution in [0.1, 0.15) is 6.92 Å². The van der Waals surface area contributed by atoms with Crippen molar-refractivity contribution in [3.05, 3.63) is 24.3 Å². The van der Waals surface area contributed by atoms with Crippen LogP contribution in [0.5, 0.6) is 5.75 Å². The molecule has 5 heteroatoms. The number of phenols is 1. The third-order valence-corrected chi connectivity index (χ3v) is 2.42. The van der Waals surface area contributed by atoms with Crippen molar-refractivity contribution in [3.63, 3.8) is 0 Å². The van der Waals surface area contributed by atoms with Crippen LogP contribution in [-0.2, 0) is 14.3 Å². The maximum absolute atomic E-state index is 11.9. The summed E-state index contributed by atoms with van der Waals surface area (Å²) in [4.78, 5) is 13.5. The number of hydrogen-bond acceptors (Lipinski definition) is 4. The highest BCUT2D eigenvalue weighted by Crippen LogP contribution is 2.19. The Hall–Kier alpha value is -1.59. The predicted octanol–water partition coefficient (Wildman–Crippen LogP) is 1.41. The molecule has 1 aromatic carbocycles. The molecule has 0 heterocycles. The molecule has 0 atom stereocenters. The van der Waals surface area contributed by atoms with Gasteiger partial charge in [-0.15, -0.1) is 0 Å². The van der Waals surface area contributed by atoms with Gasteiger partial charge < -0.3 is 19.5 Å². The summed E-state index contributed by atoms with van der Waals surface area (Å²) >= 11 is 0. The molecule has 1 N–H and O–H groups in total. The summed E-state index contributed by atoms with van der Waals surface area (Å²) < 4.78 is 10.0. The quantitative estimate of drug-likeness (QED) is 0.746. The number of rotatable bonds is 7. The molecule has 5 nitrogen and oxygen atoms in total. The number of likely N-dealkylation sites (N-methyl/N-ethyl adjacent to an activating group) is 1. The number of aromatic hydroxyl groups is 1. The zero-order valence-electron chi connectivity index (χ0n) is 10.8. The van der Waals surface area contributed by atoms with E-state index in [1.54, 1.807) is 36.3 Å². The van der Waals surface area contributed by atoms with Gasteiger partial charge in [-0.05, 0) is 19.1 Å². The summed E-state index contributed by atoms with van der Waals surface area (Å²) in [6.07, 6.45) is 0. The first-order valence-corrected chi connectivity index (χ1v) is 5.85. The number of nitrogens with zero attached hydrogens (tertiary/aromatic N) is 1. The molecule has 18 heavy (non-hydrogen) atoms. The molecule has 1 amide bonds. The van der Waals surface area contributed by atoms with Crippen molar-refractivity contribution >= 4 is 11.6 Å². The van der Waals surface area contributed by atoms with Gasteiger partial charge >= 0.3 is 0 Å². The lowest BCUT2D eigenvalue weighted by Gasteiger charge is -2.21. The van der Waals surface area contributed by atoms with Crippen molar-refractivity contribution in [3.8, 4) is 5.75 Å². The summed E-state index contributed by atoms with van der Waals surface area (Å²) in [6, 6.07) is 6.59. The molecule has 0 aromatic heterocycles. The number of methoxy groups -OCH3 is 1. The van der Waals surface area contributed by atoms with E-state index in [9.17, 15) is 9.90 Å². The van der Waals surface area contributed by atoms with Crippen molar-refractivity contribution in [1.29, 1.82) is 0 Å². The van der Waals surface area contributed by atoms with Crippen LogP contribution in [-0.4, -0.2) is 44.5 Å². The average Bonchev–Trinajstić information content (AvgIpc) is 2.36. The summed E-state index contributed by atoms with van der Waals surface area (Å²) in [6.45, 7) is 3.26. The van der Waals surface area contributed by atoms with Crippen molar-refractivity contribution in [2.24, 2.45) is 0 Å². The Balaban J connectivity index is 2.57. The van der Waals surface area contributed by atoms with Crippen molar-refractivity contribution < 1.29 is 19.4 Å². The highest BCUT2D eigenvalue weighted by molar-refractivity contribution is 5.94. The predicted molar refractivity (Wildman–Crippen MR) is 68.8 cm³/mol. The second kappa shape index (κ2) is 7.68. The Kier molecular flexibility index (Phi) is 6.18. The first-order chi connectivity index (χ1) is 8.69. The van der Waals surface area contributed by atoms with Gasteiger partial charge in [-0.2, -0.15) is 0 Å². The molecule has 0 saturated carbocycles. The molecule has 100 valence electrons. The Morgan fingerprint density at radius 2 is 2.17 bits per heavy atom. The van der Waals surface area contributed by atoms with E-state index in [4.69, 9.17) is 9.47 Å². The van der Waals surface area contributed by atoms with Crippen LogP contribution in [0.3, 0.4) is 0 Å². The first kappa shape index (κ1) is 14.5. The standard InChI is InChI=1S/C13H19NO4/c1-3-14(11-5-4-6-12(15)9-11)13(16)10-18-8-7-17-2/h4-6,9,15H,3,7-8,10H2,1-2H3. The van der Waals surface area contributed by atoms with Crippen LogP contribution in [0.15, 0.2) is 24.3 Å². The normalized spacial score (nSPS) is 10.3. The largest absolute Gasteiger partial charge is 0.508 e. The molecule has 0 saturated heterocycles. The zero-order valence-corrected chi connectivity index (χ0v) is 10.8. The molecule has 0 spiro atoms. The van der Waals surface area contributed by atoms with E-state index in [1.165, 1.54) is 0 Å². The topological polar surface area (TPSA) is 59.0 Å². The Bertz CT molecular complexity index is 381. The molecule has 0 radical (unpaired) electrons. The molecule has 0 unspecified atom stereocenters. The summed E-state index contributed by atoms with van der Waals surface area (Å²) in [5.41, 5.74) is 0.665. The molecule has 0 bridgehead atoms. The van der Waals surface area contributed by atoms with E-state index in [0.717, 1.165) is 0 Å². The SMILES string of the molecule is CCN(C(=O)COCCOC)c1cccc(O)c1. The molecule has 1 rings (SSSR count). The molecule has 1 aromatic rings. The maximum atomic E-state index is 11.9. The number of anilines is 1. The number of phenolic OH excluding ortho intramolecular Hbond substituents is 1. The van der Waals surface area contributed by atoms with E-state index >= 15 is 0 Å². The van der Waals surface area contributed by atoms with Gasteiger partial charge in [0.1, 0.15) is 12.4 Å². The fraction of sp³-hybridized carbons (Fsp3) is 0.462. The number of carbonyl (C=O) groups excluding carboxylic acids is 1. The highest BCUT2D eigenvalue weighted by Gasteiger charge is 2.14. The third kappa shape index (κ3) is 4.35. The van der Waals surface area contributed by atoms with Crippen LogP contribution >= 0.6 is 0 Å². The van der Waals surface area contributed by atoms with Gasteiger partial charge in [-0.25, -0.2) is 0 Å². The van der Waals surface area contributed by atoms with Gasteiger partial charge in [0.2, 0.25) is 0 Å². The van der Waals surface area contributed by atoms with Gasteiger partial charge in [-0.3, -0.25) is 4.79 Å². The van der Waals surface area contributed by atoms with Gasteiger partial charge in [0.15, 0.2) is 0 Å². The Morgan fingerprint density at radius 1 is 1.39 bits per heavy atom. The van der Waals surface area contributed by atoms with Crippen LogP contribution in [0.25, 0.3) is 0 Å². The van der Waals surface area contributed by atoms with E-state index in [0.29, 0.717) is 25.4 Å². The maximum Gasteiger partial charge on any atom is 0.252 e. The fourth-order valence-electron chi connectivity index (χ4n) is 1.54. The van der Waals surface area contributed by atoms with Crippen LogP contribution < -0.4 is 4.90 Å². The number of benzene rings is 1. The first-order valence-electron chi connectivity index (χ1n) is 5.85. The van der Waals surface area contributed by atoms with Gasteiger partial charge in [0.05, 0.1) is 13.2 Å². The summed E-state index contributed by atoms with van der Waals surface area (Å²) in [5.74, 6) is -0.00162. The van der Waals surface area contributed by atoms with Crippen molar-refractivity contribution in [2.45, 2.75) is 6.92 Å². The van der Waals surface area contributed by atoms with Crippen molar-refractivity contribution in [1.82, 2.24) is 0 Å². The number of hydrogen-bond donors (Lipinski definition) is 1. The second-order valence-electron chi connectivity index (χ2n) is 3.70. The highest BCUT2D eigenvalue weighted by atomic mass is 16.5. The second-order valence-corrected chi connectivity index (χ2v) is 3.70. The average molecular weight is 253 g/mol. The number of ether oxygens (including phenoxy) is 2. The summed E-state index contributed by atoms with van der Waals surface area (Å²) in [5, 5.41) is 9.40. The molecule has 0 aliphatic rings. The number of amides is 1. The molecule has 0 aliphatic carbocycles. The minimum Gasteiger partial charge on any atom is -0.508 e. The monoisotopic (exact) mass is 253 g/mol. The van der Waals surface area contributed by atoms with Gasteiger partial charge in [-0.1, -0.05) is 6.07 Å². The Labute approximate surface area is 107 Å². The van der Waals surface area contributed by atoms with Crippen molar-refractivity contribution in [2.75, 3.05) is 38.4 Å². The molecule has 0 fully saturated rings. The molecular formula is C13H19NO4. The lowest BCUT2D eigenvalue weighted by Crippen LogP contribution is -2.34. The van der Waals surface area contributed by atoms with Gasteiger partial charge in [0.25, 0.3) is 5.91 Å². The Morgan fingerprint density at radius 3 is 2.78 bits per heavy atom. The van der Waals surface area contributed by atoms with E-state index < -0.39 is 0 Å². The molecule has 0 aliphatic heterocycles. The lowest BCUT2D eigenvalue weighted by molar-refractivity contribution is -0.123. The van der Waals surface area contributed by atoms with Gasteiger partial charge in [0, 0.05) is 25.4 Å². The van der Waals surface area contributed by atoms with E-state index in [-0.39, 0.29) is 18.3 Å². The van der Waals surface area contributed by atoms with Crippen LogP contribution in [0, 0.1) is 0 Å². The zero-order chi connectivity index (χ0) is 13.4. The van der Waals surface area contributed by atoms with Crippen LogP contribution in [0.2, 0.25) is 0 Å². The number of carbonyl (C=O) groups is 1. The van der Waals surface area contributed by atoms with E-state index in [2.05, 4.69) is 0 Å². The van der Waals surface area contributed by atoms with Crippen LogP contribution in [0.4, 0.5) is 5.69 Å². The van der Waals surface area contributed by atoms with E-state index in [1.807, 2.05) is 6.92 Å². The third-order valence-electron chi connectivity index (χ3n) is 2.42. The smallest absolute Gasteiger partial charge is 0.252 e. The fourth-order valence-corrected chi connectivity index (χ4v) is 1.54. The summed E-state index contributed by atoms with van der Waals surface area (Å²) in [7, 11) is 1.58. The minimum absolute atomic E-state index is 0.00680. The minimum atomic E-state index is -0.140. The molecular weight excluding hydrogens is 234 g/mol.